The summed E-state index contributed by atoms with van der Waals surface area (Å²) in [6.07, 6.45) is 3.29. The summed E-state index contributed by atoms with van der Waals surface area (Å²) in [5.41, 5.74) is 0. The van der Waals surface area contributed by atoms with Gasteiger partial charge < -0.3 is 16.0 Å². The van der Waals surface area contributed by atoms with Gasteiger partial charge in [-0.3, -0.25) is 9.59 Å². The lowest BCUT2D eigenvalue weighted by atomic mass is 9.94. The number of nitrogens with one attached hydrogen (secondary N) is 3. The maximum Gasteiger partial charge on any atom is 0.224 e. The monoisotopic (exact) mass is 239 g/mol. The van der Waals surface area contributed by atoms with Crippen molar-refractivity contribution in [2.24, 2.45) is 5.92 Å². The fourth-order valence-electron chi connectivity index (χ4n) is 2.40. The van der Waals surface area contributed by atoms with E-state index in [4.69, 9.17) is 0 Å². The zero-order valence-corrected chi connectivity index (χ0v) is 10.3. The molecule has 0 aromatic heterocycles. The van der Waals surface area contributed by atoms with Crippen LogP contribution in [0.3, 0.4) is 0 Å². The molecule has 3 atom stereocenters. The fraction of sp³-hybridized carbons (Fsp3) is 0.833. The lowest BCUT2D eigenvalue weighted by Gasteiger charge is -2.29. The molecule has 2 fully saturated rings. The minimum absolute atomic E-state index is 0.0867. The van der Waals surface area contributed by atoms with Gasteiger partial charge in [0, 0.05) is 31.6 Å². The van der Waals surface area contributed by atoms with E-state index in [0.717, 1.165) is 25.8 Å². The van der Waals surface area contributed by atoms with Gasteiger partial charge in [-0.25, -0.2) is 0 Å². The molecule has 0 aliphatic carbocycles. The third-order valence-electron chi connectivity index (χ3n) is 3.64. The summed E-state index contributed by atoms with van der Waals surface area (Å²) in [6, 6.07) is 0.632. The van der Waals surface area contributed by atoms with Gasteiger partial charge >= 0.3 is 0 Å². The van der Waals surface area contributed by atoms with E-state index < -0.39 is 0 Å². The molecule has 96 valence electrons. The Balaban J connectivity index is 1.75. The van der Waals surface area contributed by atoms with Crippen LogP contribution in [0, 0.1) is 5.92 Å². The first-order chi connectivity index (χ1) is 8.15. The molecule has 2 aliphatic heterocycles. The molecule has 5 heteroatoms. The topological polar surface area (TPSA) is 70.2 Å². The van der Waals surface area contributed by atoms with E-state index in [9.17, 15) is 9.59 Å². The smallest absolute Gasteiger partial charge is 0.224 e. The second-order valence-corrected chi connectivity index (χ2v) is 5.13. The Kier molecular flexibility index (Phi) is 3.99. The summed E-state index contributed by atoms with van der Waals surface area (Å²) < 4.78 is 0. The highest BCUT2D eigenvalue weighted by molar-refractivity contribution is 5.80. The third-order valence-corrected chi connectivity index (χ3v) is 3.64. The van der Waals surface area contributed by atoms with Crippen LogP contribution >= 0.6 is 0 Å². The molecule has 2 aliphatic rings. The Morgan fingerprint density at radius 1 is 1.29 bits per heavy atom. The van der Waals surface area contributed by atoms with Crippen molar-refractivity contribution in [3.8, 4) is 0 Å². The van der Waals surface area contributed by atoms with Crippen LogP contribution in [-0.2, 0) is 9.59 Å². The van der Waals surface area contributed by atoms with Gasteiger partial charge in [-0.05, 0) is 26.2 Å². The van der Waals surface area contributed by atoms with Crippen LogP contribution in [0.1, 0.15) is 32.6 Å². The van der Waals surface area contributed by atoms with Crippen LogP contribution in [0.15, 0.2) is 0 Å². The van der Waals surface area contributed by atoms with Gasteiger partial charge in [-0.1, -0.05) is 0 Å². The molecule has 0 saturated carbocycles. The first kappa shape index (κ1) is 12.4. The van der Waals surface area contributed by atoms with Crippen molar-refractivity contribution in [2.75, 3.05) is 13.1 Å². The van der Waals surface area contributed by atoms with Crippen LogP contribution in [0.2, 0.25) is 0 Å². The summed E-state index contributed by atoms with van der Waals surface area (Å²) in [7, 11) is 0. The van der Waals surface area contributed by atoms with Crippen molar-refractivity contribution in [3.05, 3.63) is 0 Å². The van der Waals surface area contributed by atoms with Gasteiger partial charge in [-0.15, -0.1) is 0 Å². The molecule has 0 spiro atoms. The van der Waals surface area contributed by atoms with E-state index in [1.165, 1.54) is 0 Å². The summed E-state index contributed by atoms with van der Waals surface area (Å²) >= 11 is 0. The highest BCUT2D eigenvalue weighted by Crippen LogP contribution is 2.15. The van der Waals surface area contributed by atoms with Crippen LogP contribution in [-0.4, -0.2) is 37.0 Å². The second kappa shape index (κ2) is 5.49. The first-order valence-electron chi connectivity index (χ1n) is 6.45. The van der Waals surface area contributed by atoms with Crippen molar-refractivity contribution in [1.29, 1.82) is 0 Å². The Hall–Kier alpha value is -1.10. The van der Waals surface area contributed by atoms with Crippen LogP contribution in [0.25, 0.3) is 0 Å². The van der Waals surface area contributed by atoms with Crippen LogP contribution < -0.4 is 16.0 Å². The predicted molar refractivity (Wildman–Crippen MR) is 64.4 cm³/mol. The number of hydrogen-bond donors (Lipinski definition) is 3. The van der Waals surface area contributed by atoms with E-state index in [1.807, 2.05) is 0 Å². The molecule has 0 bridgehead atoms. The van der Waals surface area contributed by atoms with E-state index >= 15 is 0 Å². The Labute approximate surface area is 102 Å². The van der Waals surface area contributed by atoms with Crippen molar-refractivity contribution >= 4 is 11.8 Å². The molecule has 17 heavy (non-hydrogen) atoms. The van der Waals surface area contributed by atoms with E-state index in [1.54, 1.807) is 0 Å². The highest BCUT2D eigenvalue weighted by atomic mass is 16.2. The SMILES string of the molecule is CC1CCC(C(=O)NC2CCC(=O)NC2)CN1. The lowest BCUT2D eigenvalue weighted by molar-refractivity contribution is -0.128. The van der Waals surface area contributed by atoms with Crippen molar-refractivity contribution in [2.45, 2.75) is 44.7 Å². The Bertz CT molecular complexity index is 288. The molecule has 2 amide bonds. The molecule has 2 saturated heterocycles. The summed E-state index contributed by atoms with van der Waals surface area (Å²) in [5.74, 6) is 0.304. The summed E-state index contributed by atoms with van der Waals surface area (Å²) in [6.45, 7) is 3.48. The van der Waals surface area contributed by atoms with Crippen molar-refractivity contribution < 1.29 is 9.59 Å². The van der Waals surface area contributed by atoms with E-state index in [2.05, 4.69) is 22.9 Å². The molecule has 3 N–H and O–H groups in total. The number of rotatable bonds is 2. The summed E-state index contributed by atoms with van der Waals surface area (Å²) in [5, 5.41) is 9.14. The van der Waals surface area contributed by atoms with Crippen molar-refractivity contribution in [1.82, 2.24) is 16.0 Å². The molecule has 3 unspecified atom stereocenters. The largest absolute Gasteiger partial charge is 0.354 e. The quantitative estimate of drug-likeness (QED) is 0.623. The molecule has 2 heterocycles. The average molecular weight is 239 g/mol. The van der Waals surface area contributed by atoms with Gasteiger partial charge in [0.15, 0.2) is 0 Å². The number of piperidine rings is 2. The second-order valence-electron chi connectivity index (χ2n) is 5.13. The Morgan fingerprint density at radius 3 is 2.71 bits per heavy atom. The van der Waals surface area contributed by atoms with Gasteiger partial charge in [0.05, 0.1) is 5.92 Å². The highest BCUT2D eigenvalue weighted by Gasteiger charge is 2.26. The third kappa shape index (κ3) is 3.43. The standard InChI is InChI=1S/C12H21N3O2/c1-8-2-3-9(6-13-8)12(17)15-10-4-5-11(16)14-7-10/h8-10,13H,2-7H2,1H3,(H,14,16)(H,15,17). The van der Waals surface area contributed by atoms with Gasteiger partial charge in [-0.2, -0.15) is 0 Å². The Morgan fingerprint density at radius 2 is 2.12 bits per heavy atom. The average Bonchev–Trinajstić information content (AvgIpc) is 2.33. The molecular weight excluding hydrogens is 218 g/mol. The minimum atomic E-state index is 0.0867. The van der Waals surface area contributed by atoms with Gasteiger partial charge in [0.2, 0.25) is 11.8 Å². The van der Waals surface area contributed by atoms with Gasteiger partial charge in [0.25, 0.3) is 0 Å². The molecular formula is C12H21N3O2. The van der Waals surface area contributed by atoms with Gasteiger partial charge in [0.1, 0.15) is 0 Å². The maximum atomic E-state index is 12.0. The molecule has 0 aromatic carbocycles. The zero-order chi connectivity index (χ0) is 12.3. The number of hydrogen-bond acceptors (Lipinski definition) is 3. The summed E-state index contributed by atoms with van der Waals surface area (Å²) in [4.78, 5) is 23.0. The molecule has 5 nitrogen and oxygen atoms in total. The first-order valence-corrected chi connectivity index (χ1v) is 6.45. The van der Waals surface area contributed by atoms with Crippen LogP contribution in [0.5, 0.6) is 0 Å². The van der Waals surface area contributed by atoms with E-state index in [0.29, 0.717) is 19.0 Å². The molecule has 2 rings (SSSR count). The lowest BCUT2D eigenvalue weighted by Crippen LogP contribution is -2.51. The molecule has 0 radical (unpaired) electrons. The number of carbonyl (C=O) groups excluding carboxylic acids is 2. The molecule has 0 aromatic rings. The zero-order valence-electron chi connectivity index (χ0n) is 10.3. The fourth-order valence-corrected chi connectivity index (χ4v) is 2.40. The van der Waals surface area contributed by atoms with E-state index in [-0.39, 0.29) is 23.8 Å². The minimum Gasteiger partial charge on any atom is -0.354 e. The number of carbonyl (C=O) groups is 2. The van der Waals surface area contributed by atoms with Crippen LogP contribution in [0.4, 0.5) is 0 Å². The number of amides is 2. The van der Waals surface area contributed by atoms with Crippen molar-refractivity contribution in [3.63, 3.8) is 0 Å². The predicted octanol–water partition coefficient (Wildman–Crippen LogP) is -0.231. The maximum absolute atomic E-state index is 12.0. The normalized spacial score (nSPS) is 33.9.